The van der Waals surface area contributed by atoms with Crippen LogP contribution in [0, 0.1) is 0 Å². The molecule has 0 atom stereocenters. The molecule has 118 valence electrons. The minimum Gasteiger partial charge on any atom is -0.507 e. The maximum Gasteiger partial charge on any atom is 0.128 e. The molecule has 0 heterocycles. The van der Waals surface area contributed by atoms with Crippen molar-refractivity contribution >= 4 is 5.71 Å². The van der Waals surface area contributed by atoms with E-state index in [2.05, 4.69) is 12.1 Å². The zero-order valence-corrected chi connectivity index (χ0v) is 13.1. The number of aromatic hydroxyl groups is 1. The van der Waals surface area contributed by atoms with Gasteiger partial charge in [-0.3, -0.25) is 0 Å². The fraction of sp³-hybridized carbons (Fsp3) is 0.588. The Bertz CT molecular complexity index is 444. The van der Waals surface area contributed by atoms with Crippen molar-refractivity contribution in [2.45, 2.75) is 58.8 Å². The number of hydrogen-bond donors (Lipinski definition) is 2. The number of unbranched alkanes of at least 4 members (excludes halogenated alkanes) is 5. The lowest BCUT2D eigenvalue weighted by Crippen LogP contribution is -2.02. The summed E-state index contributed by atoms with van der Waals surface area (Å²) in [7, 11) is 0. The Kier molecular flexibility index (Phi) is 8.32. The Morgan fingerprint density at radius 1 is 1.10 bits per heavy atom. The molecule has 0 unspecified atom stereocenters. The molecule has 4 heteroatoms. The quantitative estimate of drug-likeness (QED) is 0.284. The summed E-state index contributed by atoms with van der Waals surface area (Å²) in [6.45, 7) is 4.65. The van der Waals surface area contributed by atoms with E-state index in [4.69, 9.17) is 9.94 Å². The third-order valence-corrected chi connectivity index (χ3v) is 3.48. The third kappa shape index (κ3) is 6.06. The van der Waals surface area contributed by atoms with Crippen molar-refractivity contribution in [3.8, 4) is 11.5 Å². The Morgan fingerprint density at radius 3 is 2.43 bits per heavy atom. The van der Waals surface area contributed by atoms with Crippen molar-refractivity contribution in [1.82, 2.24) is 0 Å². The maximum atomic E-state index is 10.0. The van der Waals surface area contributed by atoms with E-state index in [-0.39, 0.29) is 5.75 Å². The first-order chi connectivity index (χ1) is 10.2. The highest BCUT2D eigenvalue weighted by Crippen LogP contribution is 2.26. The normalized spacial score (nSPS) is 11.6. The second kappa shape index (κ2) is 10.1. The van der Waals surface area contributed by atoms with Crippen LogP contribution in [0.1, 0.15) is 64.4 Å². The summed E-state index contributed by atoms with van der Waals surface area (Å²) in [6.07, 6.45) is 7.75. The predicted molar refractivity (Wildman–Crippen MR) is 85.6 cm³/mol. The van der Waals surface area contributed by atoms with Gasteiger partial charge in [-0.2, -0.15) is 0 Å². The van der Waals surface area contributed by atoms with Gasteiger partial charge in [0.05, 0.1) is 12.3 Å². The lowest BCUT2D eigenvalue weighted by Gasteiger charge is -2.09. The molecule has 2 N–H and O–H groups in total. The first-order valence-electron chi connectivity index (χ1n) is 7.90. The molecule has 0 amide bonds. The summed E-state index contributed by atoms with van der Waals surface area (Å²) in [5.41, 5.74) is 1.11. The van der Waals surface area contributed by atoms with Crippen LogP contribution < -0.4 is 4.74 Å². The van der Waals surface area contributed by atoms with Crippen molar-refractivity contribution in [2.75, 3.05) is 6.61 Å². The first kappa shape index (κ1) is 17.3. The molecule has 21 heavy (non-hydrogen) atoms. The molecule has 1 rings (SSSR count). The SMILES string of the molecule is CCCCCCCC/C(=N\O)c1ccc(OCC)cc1O. The number of rotatable bonds is 10. The van der Waals surface area contributed by atoms with Crippen molar-refractivity contribution in [3.63, 3.8) is 0 Å². The lowest BCUT2D eigenvalue weighted by molar-refractivity contribution is 0.317. The van der Waals surface area contributed by atoms with E-state index in [1.165, 1.54) is 25.7 Å². The molecule has 0 saturated heterocycles. The Labute approximate surface area is 127 Å². The van der Waals surface area contributed by atoms with Crippen LogP contribution in [0.15, 0.2) is 23.4 Å². The number of phenolic OH excluding ortho intramolecular Hbond substituents is 1. The van der Waals surface area contributed by atoms with E-state index in [9.17, 15) is 5.11 Å². The highest BCUT2D eigenvalue weighted by molar-refractivity contribution is 6.02. The summed E-state index contributed by atoms with van der Waals surface area (Å²) >= 11 is 0. The molecule has 4 nitrogen and oxygen atoms in total. The zero-order valence-electron chi connectivity index (χ0n) is 13.1. The van der Waals surface area contributed by atoms with Crippen LogP contribution in [-0.4, -0.2) is 22.6 Å². The lowest BCUT2D eigenvalue weighted by atomic mass is 10.0. The van der Waals surface area contributed by atoms with Gasteiger partial charge in [-0.25, -0.2) is 0 Å². The first-order valence-corrected chi connectivity index (χ1v) is 7.90. The monoisotopic (exact) mass is 293 g/mol. The summed E-state index contributed by atoms with van der Waals surface area (Å²) in [6, 6.07) is 5.09. The largest absolute Gasteiger partial charge is 0.507 e. The highest BCUT2D eigenvalue weighted by Gasteiger charge is 2.11. The molecule has 0 aliphatic heterocycles. The molecule has 0 spiro atoms. The van der Waals surface area contributed by atoms with Gasteiger partial charge in [0.2, 0.25) is 0 Å². The van der Waals surface area contributed by atoms with Crippen LogP contribution >= 0.6 is 0 Å². The molecule has 0 saturated carbocycles. The topological polar surface area (TPSA) is 62.1 Å². The van der Waals surface area contributed by atoms with Gasteiger partial charge in [0.1, 0.15) is 11.5 Å². The van der Waals surface area contributed by atoms with Gasteiger partial charge in [-0.1, -0.05) is 44.2 Å². The molecular weight excluding hydrogens is 266 g/mol. The summed E-state index contributed by atoms with van der Waals surface area (Å²) in [4.78, 5) is 0. The van der Waals surface area contributed by atoms with Gasteiger partial charge < -0.3 is 15.1 Å². The van der Waals surface area contributed by atoms with Gasteiger partial charge in [-0.15, -0.1) is 0 Å². The van der Waals surface area contributed by atoms with E-state index in [1.807, 2.05) is 6.92 Å². The number of oxime groups is 1. The molecule has 1 aromatic rings. The van der Waals surface area contributed by atoms with Crippen LogP contribution in [0.4, 0.5) is 0 Å². The zero-order chi connectivity index (χ0) is 15.5. The van der Waals surface area contributed by atoms with Gasteiger partial charge in [0, 0.05) is 11.6 Å². The second-order valence-electron chi connectivity index (χ2n) is 5.18. The molecular formula is C17H27NO3. The van der Waals surface area contributed by atoms with Crippen LogP contribution in [0.25, 0.3) is 0 Å². The molecule has 0 bridgehead atoms. The van der Waals surface area contributed by atoms with Gasteiger partial charge in [0.15, 0.2) is 0 Å². The highest BCUT2D eigenvalue weighted by atomic mass is 16.5. The van der Waals surface area contributed by atoms with Crippen molar-refractivity contribution in [3.05, 3.63) is 23.8 Å². The smallest absolute Gasteiger partial charge is 0.128 e. The molecule has 0 fully saturated rings. The second-order valence-corrected chi connectivity index (χ2v) is 5.18. The van der Waals surface area contributed by atoms with Gasteiger partial charge in [-0.05, 0) is 31.9 Å². The average Bonchev–Trinajstić information content (AvgIpc) is 2.48. The Balaban J connectivity index is 2.52. The summed E-state index contributed by atoms with van der Waals surface area (Å²) < 4.78 is 5.33. The van der Waals surface area contributed by atoms with Crippen LogP contribution in [-0.2, 0) is 0 Å². The summed E-state index contributed by atoms with van der Waals surface area (Å²) in [5.74, 6) is 0.718. The van der Waals surface area contributed by atoms with Crippen molar-refractivity contribution in [2.24, 2.45) is 5.16 Å². The molecule has 1 aromatic carbocycles. The fourth-order valence-electron chi connectivity index (χ4n) is 2.32. The summed E-state index contributed by atoms with van der Waals surface area (Å²) in [5, 5.41) is 22.5. The number of hydrogen-bond acceptors (Lipinski definition) is 4. The van der Waals surface area contributed by atoms with Gasteiger partial charge >= 0.3 is 0 Å². The van der Waals surface area contributed by atoms with Crippen LogP contribution in [0.2, 0.25) is 0 Å². The molecule has 0 aromatic heterocycles. The van der Waals surface area contributed by atoms with Crippen molar-refractivity contribution < 1.29 is 15.1 Å². The van der Waals surface area contributed by atoms with E-state index in [1.54, 1.807) is 18.2 Å². The molecule has 0 aliphatic carbocycles. The number of phenols is 1. The minimum absolute atomic E-state index is 0.0970. The number of benzene rings is 1. The van der Waals surface area contributed by atoms with Crippen LogP contribution in [0.5, 0.6) is 11.5 Å². The van der Waals surface area contributed by atoms with Gasteiger partial charge in [0.25, 0.3) is 0 Å². The average molecular weight is 293 g/mol. The van der Waals surface area contributed by atoms with E-state index in [0.29, 0.717) is 30.1 Å². The Hall–Kier alpha value is -1.71. The van der Waals surface area contributed by atoms with Crippen LogP contribution in [0.3, 0.4) is 0 Å². The third-order valence-electron chi connectivity index (χ3n) is 3.48. The minimum atomic E-state index is 0.0970. The molecule has 0 radical (unpaired) electrons. The number of ether oxygens (including phenoxy) is 1. The van der Waals surface area contributed by atoms with E-state index >= 15 is 0 Å². The maximum absolute atomic E-state index is 10.0. The van der Waals surface area contributed by atoms with E-state index < -0.39 is 0 Å². The fourth-order valence-corrected chi connectivity index (χ4v) is 2.32. The standard InChI is InChI=1S/C17H27NO3/c1-3-5-6-7-8-9-10-16(18-20)15-12-11-14(21-4-2)13-17(15)19/h11-13,19-20H,3-10H2,1-2H3/b18-16+. The Morgan fingerprint density at radius 2 is 1.81 bits per heavy atom. The predicted octanol–water partition coefficient (Wildman–Crippen LogP) is 4.72. The van der Waals surface area contributed by atoms with Crippen molar-refractivity contribution in [1.29, 1.82) is 0 Å². The van der Waals surface area contributed by atoms with E-state index in [0.717, 1.165) is 12.8 Å². The number of nitrogens with zero attached hydrogens (tertiary/aromatic N) is 1. The molecule has 0 aliphatic rings.